The zero-order valence-corrected chi connectivity index (χ0v) is 19.3. The van der Waals surface area contributed by atoms with Gasteiger partial charge in [0.25, 0.3) is 0 Å². The van der Waals surface area contributed by atoms with Crippen LogP contribution in [-0.2, 0) is 0 Å². The van der Waals surface area contributed by atoms with Crippen LogP contribution in [0.5, 0.6) is 0 Å². The third-order valence-electron chi connectivity index (χ3n) is 7.58. The van der Waals surface area contributed by atoms with Gasteiger partial charge in [0, 0.05) is 56.3 Å². The summed E-state index contributed by atoms with van der Waals surface area (Å²) in [7, 11) is 0. The van der Waals surface area contributed by atoms with Crippen molar-refractivity contribution in [3.05, 3.63) is 41.4 Å². The van der Waals surface area contributed by atoms with Gasteiger partial charge in [0.05, 0.1) is 12.4 Å². The number of nitrogens with zero attached hydrogens (tertiary/aromatic N) is 7. The van der Waals surface area contributed by atoms with Gasteiger partial charge >= 0.3 is 0 Å². The van der Waals surface area contributed by atoms with E-state index >= 15 is 0 Å². The Morgan fingerprint density at radius 1 is 1.15 bits per heavy atom. The Morgan fingerprint density at radius 3 is 2.59 bits per heavy atom. The molecule has 6 heterocycles. The molecule has 0 amide bonds. The lowest BCUT2D eigenvalue weighted by molar-refractivity contribution is -0.0651. The van der Waals surface area contributed by atoms with Crippen LogP contribution >= 0.6 is 11.6 Å². The van der Waals surface area contributed by atoms with Crippen molar-refractivity contribution in [2.45, 2.75) is 50.1 Å². The second kappa shape index (κ2) is 8.14. The minimum Gasteiger partial charge on any atom is -0.353 e. The van der Waals surface area contributed by atoms with E-state index in [0.29, 0.717) is 47.6 Å². The molecule has 2 unspecified atom stereocenters. The molecule has 3 saturated heterocycles. The molecular weight excluding hydrogens is 460 g/mol. The van der Waals surface area contributed by atoms with Crippen LogP contribution in [0, 0.1) is 17.2 Å². The van der Waals surface area contributed by atoms with Crippen LogP contribution in [0.4, 0.5) is 14.6 Å². The van der Waals surface area contributed by atoms with E-state index in [1.165, 1.54) is 12.6 Å². The molecule has 0 aromatic carbocycles. The Morgan fingerprint density at radius 2 is 1.91 bits per heavy atom. The van der Waals surface area contributed by atoms with Gasteiger partial charge in [0.15, 0.2) is 0 Å². The molecule has 34 heavy (non-hydrogen) atoms. The molecule has 10 heteroatoms. The van der Waals surface area contributed by atoms with Crippen LogP contribution in [0.3, 0.4) is 0 Å². The topological polar surface area (TPSA) is 73.4 Å². The predicted octanol–water partition coefficient (Wildman–Crippen LogP) is 4.40. The molecule has 0 radical (unpaired) electrons. The van der Waals surface area contributed by atoms with E-state index in [4.69, 9.17) is 16.6 Å². The maximum Gasteiger partial charge on any atom is 0.248 e. The highest BCUT2D eigenvalue weighted by Gasteiger charge is 2.46. The first-order valence-corrected chi connectivity index (χ1v) is 12.1. The summed E-state index contributed by atoms with van der Waals surface area (Å²) in [6.07, 6.45) is 7.34. The van der Waals surface area contributed by atoms with Crippen molar-refractivity contribution in [2.75, 3.05) is 24.5 Å². The third kappa shape index (κ3) is 3.79. The summed E-state index contributed by atoms with van der Waals surface area (Å²) in [6, 6.07) is 7.01. The number of halogens is 3. The van der Waals surface area contributed by atoms with Crippen molar-refractivity contribution in [1.82, 2.24) is 24.5 Å². The molecule has 1 saturated carbocycles. The number of piperazine rings is 1. The number of alkyl halides is 2. The molecule has 2 atom stereocenters. The molecular formula is C24H24ClF2N7. The molecule has 4 aliphatic rings. The summed E-state index contributed by atoms with van der Waals surface area (Å²) in [5.74, 6) is -1.17. The number of aromatic nitrogens is 4. The maximum absolute atomic E-state index is 13.5. The Bertz CT molecular complexity index is 1250. The van der Waals surface area contributed by atoms with Gasteiger partial charge in [-0.15, -0.1) is 0 Å². The van der Waals surface area contributed by atoms with Crippen molar-refractivity contribution in [3.63, 3.8) is 0 Å². The van der Waals surface area contributed by atoms with Crippen LogP contribution in [0.1, 0.15) is 37.7 Å². The summed E-state index contributed by atoms with van der Waals surface area (Å²) < 4.78 is 28.5. The highest BCUT2D eigenvalue weighted by atomic mass is 35.5. The first-order chi connectivity index (χ1) is 16.4. The molecule has 2 bridgehead atoms. The number of fused-ring (bicyclic) bond motifs is 3. The van der Waals surface area contributed by atoms with Crippen molar-refractivity contribution in [2.24, 2.45) is 5.92 Å². The van der Waals surface area contributed by atoms with Crippen molar-refractivity contribution >= 4 is 22.9 Å². The SMILES string of the molecule is N#Cc1cnn2cc(Cl)nc(-c3ccc(N4CC5CC(C4)N5CC4CCC(F)(F)CC4)nc3)c12. The number of rotatable bonds is 4. The largest absolute Gasteiger partial charge is 0.353 e. The first-order valence-electron chi connectivity index (χ1n) is 11.7. The zero-order chi connectivity index (χ0) is 23.4. The minimum absolute atomic E-state index is 0.0339. The van der Waals surface area contributed by atoms with Crippen LogP contribution in [0.15, 0.2) is 30.7 Å². The Hall–Kier alpha value is -2.83. The maximum atomic E-state index is 13.5. The van der Waals surface area contributed by atoms with Crippen LogP contribution < -0.4 is 4.90 Å². The quantitative estimate of drug-likeness (QED) is 0.547. The predicted molar refractivity (Wildman–Crippen MR) is 124 cm³/mol. The highest BCUT2D eigenvalue weighted by Crippen LogP contribution is 2.40. The van der Waals surface area contributed by atoms with Gasteiger partial charge in [-0.3, -0.25) is 4.90 Å². The fourth-order valence-corrected chi connectivity index (χ4v) is 5.91. The van der Waals surface area contributed by atoms with E-state index in [2.05, 4.69) is 26.0 Å². The average Bonchev–Trinajstić information content (AvgIpc) is 3.26. The molecule has 4 fully saturated rings. The van der Waals surface area contributed by atoms with Gasteiger partial charge in [-0.2, -0.15) is 10.4 Å². The van der Waals surface area contributed by atoms with Crippen molar-refractivity contribution < 1.29 is 8.78 Å². The van der Waals surface area contributed by atoms with E-state index in [9.17, 15) is 14.0 Å². The normalized spacial score (nSPS) is 24.7. The summed E-state index contributed by atoms with van der Waals surface area (Å²) in [5, 5.41) is 13.9. The third-order valence-corrected chi connectivity index (χ3v) is 7.77. The van der Waals surface area contributed by atoms with E-state index in [1.807, 2.05) is 12.1 Å². The zero-order valence-electron chi connectivity index (χ0n) is 18.5. The number of piperidine rings is 1. The highest BCUT2D eigenvalue weighted by molar-refractivity contribution is 6.29. The molecule has 3 aliphatic heterocycles. The van der Waals surface area contributed by atoms with E-state index < -0.39 is 5.92 Å². The number of hydrogen-bond acceptors (Lipinski definition) is 6. The first kappa shape index (κ1) is 21.7. The Labute approximate surface area is 201 Å². The lowest BCUT2D eigenvalue weighted by atomic mass is 9.82. The van der Waals surface area contributed by atoms with Gasteiger partial charge in [-0.05, 0) is 37.3 Å². The average molecular weight is 484 g/mol. The molecule has 1 aliphatic carbocycles. The Balaban J connectivity index is 1.15. The number of nitriles is 1. The van der Waals surface area contributed by atoms with E-state index in [0.717, 1.165) is 31.0 Å². The molecule has 3 aromatic heterocycles. The lowest BCUT2D eigenvalue weighted by Gasteiger charge is -2.57. The monoisotopic (exact) mass is 483 g/mol. The molecule has 176 valence electrons. The lowest BCUT2D eigenvalue weighted by Crippen LogP contribution is -2.69. The van der Waals surface area contributed by atoms with Crippen molar-refractivity contribution in [1.29, 1.82) is 5.26 Å². The summed E-state index contributed by atoms with van der Waals surface area (Å²) in [6.45, 7) is 2.73. The van der Waals surface area contributed by atoms with Crippen LogP contribution in [-0.4, -0.2) is 62.1 Å². The molecule has 0 spiro atoms. The summed E-state index contributed by atoms with van der Waals surface area (Å²) in [5.41, 5.74) is 2.38. The van der Waals surface area contributed by atoms with Gasteiger partial charge < -0.3 is 4.90 Å². The number of anilines is 1. The number of pyridine rings is 1. The molecule has 7 rings (SSSR count). The molecule has 0 N–H and O–H groups in total. The van der Waals surface area contributed by atoms with Crippen LogP contribution in [0.25, 0.3) is 16.8 Å². The molecule has 7 nitrogen and oxygen atoms in total. The van der Waals surface area contributed by atoms with Crippen molar-refractivity contribution in [3.8, 4) is 17.3 Å². The smallest absolute Gasteiger partial charge is 0.248 e. The minimum atomic E-state index is -2.46. The molecule has 3 aromatic rings. The van der Waals surface area contributed by atoms with Gasteiger partial charge in [-0.1, -0.05) is 11.6 Å². The van der Waals surface area contributed by atoms with E-state index in [1.54, 1.807) is 16.9 Å². The van der Waals surface area contributed by atoms with Crippen LogP contribution in [0.2, 0.25) is 5.15 Å². The van der Waals surface area contributed by atoms with Gasteiger partial charge in [0.1, 0.15) is 33.8 Å². The van der Waals surface area contributed by atoms with Gasteiger partial charge in [-0.25, -0.2) is 23.3 Å². The fourth-order valence-electron chi connectivity index (χ4n) is 5.73. The Kier molecular flexibility index (Phi) is 5.19. The summed E-state index contributed by atoms with van der Waals surface area (Å²) in [4.78, 5) is 14.0. The standard InChI is InChI=1S/C24H24ClF2N7/c25-20-14-34-23(17(8-28)10-30-34)22(31-20)16-1-2-21(29-9-16)32-12-18-7-19(13-32)33(18)11-15-3-5-24(26,27)6-4-15/h1-2,9-10,14-15,18-19H,3-7,11-13H2. The van der Waals surface area contributed by atoms with E-state index in [-0.39, 0.29) is 18.0 Å². The fraction of sp³-hybridized carbons (Fsp3) is 0.500. The summed E-state index contributed by atoms with van der Waals surface area (Å²) >= 11 is 6.17. The second-order valence-electron chi connectivity index (χ2n) is 9.72. The van der Waals surface area contributed by atoms with Gasteiger partial charge in [0.2, 0.25) is 5.92 Å². The number of hydrogen-bond donors (Lipinski definition) is 0. The second-order valence-corrected chi connectivity index (χ2v) is 10.1.